The van der Waals surface area contributed by atoms with E-state index in [-0.39, 0.29) is 24.8 Å². The molecule has 0 fully saturated rings. The van der Waals surface area contributed by atoms with E-state index in [1.54, 1.807) is 6.07 Å². The normalized spacial score (nSPS) is 13.6. The van der Waals surface area contributed by atoms with Gasteiger partial charge in [0.25, 0.3) is 0 Å². The molecule has 1 aromatic heterocycles. The highest BCUT2D eigenvalue weighted by Crippen LogP contribution is 2.19. The van der Waals surface area contributed by atoms with Crippen molar-refractivity contribution >= 4 is 5.91 Å². The van der Waals surface area contributed by atoms with Crippen molar-refractivity contribution in [2.24, 2.45) is 5.92 Å². The van der Waals surface area contributed by atoms with Crippen molar-refractivity contribution < 1.29 is 14.4 Å². The summed E-state index contributed by atoms with van der Waals surface area (Å²) < 4.78 is 5.25. The molecule has 1 amide bonds. The van der Waals surface area contributed by atoms with Crippen LogP contribution < -0.4 is 5.32 Å². The van der Waals surface area contributed by atoms with Crippen LogP contribution in [0.1, 0.15) is 26.0 Å². The van der Waals surface area contributed by atoms with Crippen LogP contribution in [0.3, 0.4) is 0 Å². The van der Waals surface area contributed by atoms with Gasteiger partial charge in [-0.05, 0) is 5.92 Å². The average molecular weight is 302 g/mol. The first-order chi connectivity index (χ1) is 10.6. The van der Waals surface area contributed by atoms with Crippen LogP contribution in [0.5, 0.6) is 0 Å². The molecule has 2 atom stereocenters. The second-order valence-corrected chi connectivity index (χ2v) is 5.48. The third-order valence-electron chi connectivity index (χ3n) is 3.77. The zero-order valence-corrected chi connectivity index (χ0v) is 13.0. The van der Waals surface area contributed by atoms with Crippen molar-refractivity contribution in [3.63, 3.8) is 0 Å². The molecule has 2 aromatic rings. The molecule has 0 spiro atoms. The first-order valence-corrected chi connectivity index (χ1v) is 7.56. The maximum Gasteiger partial charge on any atom is 0.226 e. The maximum atomic E-state index is 11.9. The van der Waals surface area contributed by atoms with Crippen LogP contribution in [0.4, 0.5) is 0 Å². The minimum absolute atomic E-state index is 0.142. The minimum atomic E-state index is -0.522. The lowest BCUT2D eigenvalue weighted by Crippen LogP contribution is -2.36. The van der Waals surface area contributed by atoms with E-state index in [9.17, 15) is 9.90 Å². The van der Waals surface area contributed by atoms with Gasteiger partial charge in [-0.1, -0.05) is 55.8 Å². The van der Waals surface area contributed by atoms with E-state index < -0.39 is 6.10 Å². The second kappa shape index (κ2) is 7.75. The Morgan fingerprint density at radius 2 is 2.09 bits per heavy atom. The molecular weight excluding hydrogens is 280 g/mol. The highest BCUT2D eigenvalue weighted by molar-refractivity contribution is 5.78. The van der Waals surface area contributed by atoms with E-state index in [1.807, 2.05) is 44.2 Å². The summed E-state index contributed by atoms with van der Waals surface area (Å²) in [4.78, 5) is 11.9. The molecule has 0 aliphatic heterocycles. The largest absolute Gasteiger partial charge is 0.391 e. The molecule has 22 heavy (non-hydrogen) atoms. The Morgan fingerprint density at radius 3 is 2.77 bits per heavy atom. The molecule has 0 radical (unpaired) electrons. The number of hydrogen-bond acceptors (Lipinski definition) is 4. The monoisotopic (exact) mass is 302 g/mol. The van der Waals surface area contributed by atoms with Crippen molar-refractivity contribution in [2.75, 3.05) is 6.54 Å². The molecule has 2 unspecified atom stereocenters. The van der Waals surface area contributed by atoms with Gasteiger partial charge in [-0.2, -0.15) is 0 Å². The van der Waals surface area contributed by atoms with Gasteiger partial charge in [0.1, 0.15) is 0 Å². The maximum absolute atomic E-state index is 11.9. The summed E-state index contributed by atoms with van der Waals surface area (Å²) in [5.74, 6) is 0.635. The Labute approximate surface area is 130 Å². The van der Waals surface area contributed by atoms with Gasteiger partial charge in [0.2, 0.25) is 5.91 Å². The van der Waals surface area contributed by atoms with Crippen LogP contribution in [-0.4, -0.2) is 28.8 Å². The van der Waals surface area contributed by atoms with Gasteiger partial charge >= 0.3 is 0 Å². The van der Waals surface area contributed by atoms with Crippen LogP contribution in [-0.2, 0) is 11.2 Å². The summed E-state index contributed by atoms with van der Waals surface area (Å²) in [5, 5.41) is 16.5. The molecule has 2 N–H and O–H groups in total. The lowest BCUT2D eigenvalue weighted by Gasteiger charge is -2.17. The zero-order valence-electron chi connectivity index (χ0n) is 13.0. The van der Waals surface area contributed by atoms with Crippen LogP contribution >= 0.6 is 0 Å². The molecule has 2 rings (SSSR count). The molecule has 1 heterocycles. The lowest BCUT2D eigenvalue weighted by molar-refractivity contribution is -0.121. The Balaban J connectivity index is 1.86. The molecule has 5 heteroatoms. The number of carbonyl (C=O) groups is 1. The summed E-state index contributed by atoms with van der Waals surface area (Å²) in [6.45, 7) is 4.23. The number of aliphatic hydroxyl groups excluding tert-OH is 1. The Kier molecular flexibility index (Phi) is 5.72. The first-order valence-electron chi connectivity index (χ1n) is 7.56. The number of aromatic nitrogens is 1. The van der Waals surface area contributed by atoms with E-state index >= 15 is 0 Å². The van der Waals surface area contributed by atoms with E-state index in [0.717, 1.165) is 12.0 Å². The fraction of sp³-hybridized carbons (Fsp3) is 0.412. The third-order valence-corrected chi connectivity index (χ3v) is 3.77. The average Bonchev–Trinajstić information content (AvgIpc) is 3.01. The van der Waals surface area contributed by atoms with Gasteiger partial charge in [0.15, 0.2) is 5.76 Å². The Hall–Kier alpha value is -2.14. The summed E-state index contributed by atoms with van der Waals surface area (Å²) in [6.07, 6.45) is 0.496. The third kappa shape index (κ3) is 4.43. The van der Waals surface area contributed by atoms with Gasteiger partial charge < -0.3 is 14.9 Å². The SMILES string of the molecule is CCC(C)C(O)CNC(=O)Cc1cc(-c2ccccc2)on1. The van der Waals surface area contributed by atoms with E-state index in [4.69, 9.17) is 4.52 Å². The summed E-state index contributed by atoms with van der Waals surface area (Å²) >= 11 is 0. The number of nitrogens with zero attached hydrogens (tertiary/aromatic N) is 1. The summed E-state index contributed by atoms with van der Waals surface area (Å²) in [5.41, 5.74) is 1.50. The van der Waals surface area contributed by atoms with Gasteiger partial charge in [-0.25, -0.2) is 0 Å². The highest BCUT2D eigenvalue weighted by atomic mass is 16.5. The standard InChI is InChI=1S/C17H22N2O3/c1-3-12(2)15(20)11-18-17(21)10-14-9-16(22-19-14)13-7-5-4-6-8-13/h4-9,12,15,20H,3,10-11H2,1-2H3,(H,18,21). The van der Waals surface area contributed by atoms with Crippen LogP contribution in [0.15, 0.2) is 40.9 Å². The fourth-order valence-corrected chi connectivity index (χ4v) is 2.05. The lowest BCUT2D eigenvalue weighted by atomic mass is 10.0. The number of benzene rings is 1. The van der Waals surface area contributed by atoms with Crippen LogP contribution in [0.25, 0.3) is 11.3 Å². The fourth-order valence-electron chi connectivity index (χ4n) is 2.05. The molecule has 1 aromatic carbocycles. The van der Waals surface area contributed by atoms with Crippen molar-refractivity contribution in [2.45, 2.75) is 32.8 Å². The number of aliphatic hydroxyl groups is 1. The van der Waals surface area contributed by atoms with E-state index in [0.29, 0.717) is 11.5 Å². The van der Waals surface area contributed by atoms with Gasteiger partial charge in [-0.3, -0.25) is 4.79 Å². The number of hydrogen-bond donors (Lipinski definition) is 2. The number of rotatable bonds is 7. The number of carbonyl (C=O) groups excluding carboxylic acids is 1. The molecule has 5 nitrogen and oxygen atoms in total. The van der Waals surface area contributed by atoms with Gasteiger partial charge in [0, 0.05) is 18.2 Å². The highest BCUT2D eigenvalue weighted by Gasteiger charge is 2.15. The molecule has 0 bridgehead atoms. The summed E-state index contributed by atoms with van der Waals surface area (Å²) in [6, 6.07) is 11.4. The van der Waals surface area contributed by atoms with Crippen LogP contribution in [0, 0.1) is 5.92 Å². The van der Waals surface area contributed by atoms with Crippen molar-refractivity contribution in [1.82, 2.24) is 10.5 Å². The minimum Gasteiger partial charge on any atom is -0.391 e. The van der Waals surface area contributed by atoms with E-state index in [2.05, 4.69) is 10.5 Å². The Bertz CT molecular complexity index is 595. The van der Waals surface area contributed by atoms with Crippen LogP contribution in [0.2, 0.25) is 0 Å². The quantitative estimate of drug-likeness (QED) is 0.823. The van der Waals surface area contributed by atoms with Crippen molar-refractivity contribution in [1.29, 1.82) is 0 Å². The van der Waals surface area contributed by atoms with E-state index in [1.165, 1.54) is 0 Å². The first kappa shape index (κ1) is 16.2. The smallest absolute Gasteiger partial charge is 0.226 e. The molecule has 0 aliphatic carbocycles. The topological polar surface area (TPSA) is 75.4 Å². The predicted molar refractivity (Wildman–Crippen MR) is 84.1 cm³/mol. The van der Waals surface area contributed by atoms with Gasteiger partial charge in [0.05, 0.1) is 18.2 Å². The molecule has 0 saturated heterocycles. The number of nitrogens with one attached hydrogen (secondary N) is 1. The molecule has 0 aliphatic rings. The number of amides is 1. The van der Waals surface area contributed by atoms with Crippen molar-refractivity contribution in [3.05, 3.63) is 42.1 Å². The molecule has 0 saturated carbocycles. The molecule has 118 valence electrons. The second-order valence-electron chi connectivity index (χ2n) is 5.48. The Morgan fingerprint density at radius 1 is 1.36 bits per heavy atom. The summed E-state index contributed by atoms with van der Waals surface area (Å²) in [7, 11) is 0. The zero-order chi connectivity index (χ0) is 15.9. The molecular formula is C17H22N2O3. The van der Waals surface area contributed by atoms with Gasteiger partial charge in [-0.15, -0.1) is 0 Å². The predicted octanol–water partition coefficient (Wildman–Crippen LogP) is 2.41. The van der Waals surface area contributed by atoms with Crippen molar-refractivity contribution in [3.8, 4) is 11.3 Å².